The van der Waals surface area contributed by atoms with E-state index in [4.69, 9.17) is 0 Å². The summed E-state index contributed by atoms with van der Waals surface area (Å²) in [4.78, 5) is 29.4. The lowest BCUT2D eigenvalue weighted by molar-refractivity contribution is 0.0386. The highest BCUT2D eigenvalue weighted by molar-refractivity contribution is 5.75. The molecule has 5 rings (SSSR count). The second-order valence-electron chi connectivity index (χ2n) is 9.99. The summed E-state index contributed by atoms with van der Waals surface area (Å²) in [5, 5.41) is 0. The molecule has 2 aromatic rings. The second kappa shape index (κ2) is 7.54. The smallest absolute Gasteiger partial charge is 0.320 e. The number of nitrogens with zero attached hydrogens (tertiary/aromatic N) is 3. The molecule has 31 heavy (non-hydrogen) atoms. The Balaban J connectivity index is 1.48. The number of piperidine rings is 2. The van der Waals surface area contributed by atoms with Crippen molar-refractivity contribution in [3.05, 3.63) is 58.0 Å². The molecule has 1 aromatic carbocycles. The van der Waals surface area contributed by atoms with Crippen LogP contribution in [0.25, 0.3) is 11.1 Å². The largest absolute Gasteiger partial charge is 0.325 e. The van der Waals surface area contributed by atoms with Crippen molar-refractivity contribution in [1.29, 1.82) is 0 Å². The molecule has 1 aromatic heterocycles. The van der Waals surface area contributed by atoms with Crippen LogP contribution in [-0.2, 0) is 18.9 Å². The van der Waals surface area contributed by atoms with Crippen LogP contribution < -0.4 is 5.56 Å². The standard InChI is InChI=1S/C26H33N3O2/c1-18-23-16-20-8-7-19(21-9-10-24(30)27(3)17-21)15-22(20)26(18,2)11-14-29(23)25(31)28-12-5-4-6-13-28/h7-10,15,17-18,23H,4-6,11-14,16H2,1-3H3/t18-,23-,26-/m1/s1. The van der Waals surface area contributed by atoms with E-state index in [0.717, 1.165) is 56.4 Å². The van der Waals surface area contributed by atoms with Crippen molar-refractivity contribution >= 4 is 6.03 Å². The zero-order valence-corrected chi connectivity index (χ0v) is 18.9. The van der Waals surface area contributed by atoms with Gasteiger partial charge in [-0.25, -0.2) is 4.79 Å². The van der Waals surface area contributed by atoms with E-state index in [2.05, 4.69) is 41.8 Å². The van der Waals surface area contributed by atoms with Crippen molar-refractivity contribution in [1.82, 2.24) is 14.4 Å². The lowest BCUT2D eigenvalue weighted by atomic mass is 9.59. The van der Waals surface area contributed by atoms with Gasteiger partial charge in [-0.05, 0) is 71.8 Å². The van der Waals surface area contributed by atoms with E-state index < -0.39 is 0 Å². The summed E-state index contributed by atoms with van der Waals surface area (Å²) in [6, 6.07) is 10.8. The predicted octanol–water partition coefficient (Wildman–Crippen LogP) is 4.18. The first-order valence-corrected chi connectivity index (χ1v) is 11.7. The summed E-state index contributed by atoms with van der Waals surface area (Å²) in [6.45, 7) is 7.38. The van der Waals surface area contributed by atoms with Crippen molar-refractivity contribution < 1.29 is 4.79 Å². The fraction of sp³-hybridized carbons (Fsp3) is 0.538. The third kappa shape index (κ3) is 3.29. The lowest BCUT2D eigenvalue weighted by Crippen LogP contribution is -2.62. The van der Waals surface area contributed by atoms with Gasteiger partial charge in [0.05, 0.1) is 0 Å². The Morgan fingerprint density at radius 2 is 1.77 bits per heavy atom. The summed E-state index contributed by atoms with van der Waals surface area (Å²) in [7, 11) is 1.80. The van der Waals surface area contributed by atoms with Crippen LogP contribution in [0, 0.1) is 5.92 Å². The molecule has 3 atom stereocenters. The number of hydrogen-bond acceptors (Lipinski definition) is 2. The maximum Gasteiger partial charge on any atom is 0.320 e. The molecule has 2 amide bonds. The summed E-state index contributed by atoms with van der Waals surface area (Å²) in [5.41, 5.74) is 5.10. The highest BCUT2D eigenvalue weighted by Gasteiger charge is 2.50. The Morgan fingerprint density at radius 1 is 1.03 bits per heavy atom. The van der Waals surface area contributed by atoms with Crippen LogP contribution >= 0.6 is 0 Å². The van der Waals surface area contributed by atoms with E-state index in [-0.39, 0.29) is 23.0 Å². The molecule has 2 aliphatic heterocycles. The molecule has 2 fully saturated rings. The number of aryl methyl sites for hydroxylation is 1. The molecule has 0 unspecified atom stereocenters. The van der Waals surface area contributed by atoms with Crippen molar-refractivity contribution in [2.75, 3.05) is 19.6 Å². The van der Waals surface area contributed by atoms with Gasteiger partial charge in [-0.2, -0.15) is 0 Å². The Hall–Kier alpha value is -2.56. The van der Waals surface area contributed by atoms with Crippen LogP contribution in [0.3, 0.4) is 0 Å². The van der Waals surface area contributed by atoms with E-state index >= 15 is 0 Å². The van der Waals surface area contributed by atoms with Crippen LogP contribution in [-0.4, -0.2) is 46.1 Å². The zero-order valence-electron chi connectivity index (χ0n) is 18.9. The maximum atomic E-state index is 13.3. The van der Waals surface area contributed by atoms with Gasteiger partial charge in [0.1, 0.15) is 0 Å². The monoisotopic (exact) mass is 419 g/mol. The Kier molecular flexibility index (Phi) is 4.95. The average molecular weight is 420 g/mol. The number of likely N-dealkylation sites (tertiary alicyclic amines) is 2. The first-order chi connectivity index (χ1) is 14.9. The van der Waals surface area contributed by atoms with E-state index in [1.807, 2.05) is 12.3 Å². The minimum atomic E-state index is 0.0101. The molecule has 0 N–H and O–H groups in total. The number of aromatic nitrogens is 1. The Morgan fingerprint density at radius 3 is 2.52 bits per heavy atom. The molecule has 0 saturated carbocycles. The Labute approximate surface area is 184 Å². The maximum absolute atomic E-state index is 13.3. The van der Waals surface area contributed by atoms with E-state index in [1.165, 1.54) is 17.5 Å². The van der Waals surface area contributed by atoms with E-state index in [0.29, 0.717) is 5.92 Å². The van der Waals surface area contributed by atoms with Crippen LogP contribution in [0.15, 0.2) is 41.3 Å². The van der Waals surface area contributed by atoms with Gasteiger partial charge in [0.2, 0.25) is 5.56 Å². The number of fused-ring (bicyclic) bond motifs is 4. The van der Waals surface area contributed by atoms with Crippen molar-refractivity contribution in [3.63, 3.8) is 0 Å². The molecule has 2 bridgehead atoms. The summed E-state index contributed by atoms with van der Waals surface area (Å²) in [5.74, 6) is 0.415. The van der Waals surface area contributed by atoms with Crippen LogP contribution in [0.4, 0.5) is 4.79 Å². The van der Waals surface area contributed by atoms with Gasteiger partial charge in [-0.1, -0.05) is 32.0 Å². The van der Waals surface area contributed by atoms with Crippen molar-refractivity contribution in [2.24, 2.45) is 13.0 Å². The number of pyridine rings is 1. The average Bonchev–Trinajstić information content (AvgIpc) is 2.78. The van der Waals surface area contributed by atoms with Gasteiger partial charge < -0.3 is 14.4 Å². The van der Waals surface area contributed by atoms with Crippen LogP contribution in [0.2, 0.25) is 0 Å². The van der Waals surface area contributed by atoms with Gasteiger partial charge in [0, 0.05) is 45.0 Å². The number of hydrogen-bond donors (Lipinski definition) is 0. The molecule has 3 heterocycles. The zero-order chi connectivity index (χ0) is 21.8. The third-order valence-corrected chi connectivity index (χ3v) is 8.30. The normalized spacial score (nSPS) is 27.7. The highest BCUT2D eigenvalue weighted by Crippen LogP contribution is 2.49. The molecule has 1 aliphatic carbocycles. The van der Waals surface area contributed by atoms with Crippen molar-refractivity contribution in [3.8, 4) is 11.1 Å². The summed E-state index contributed by atoms with van der Waals surface area (Å²) < 4.78 is 1.64. The number of urea groups is 1. The van der Waals surface area contributed by atoms with Gasteiger partial charge >= 0.3 is 6.03 Å². The predicted molar refractivity (Wildman–Crippen MR) is 123 cm³/mol. The molecule has 5 heteroatoms. The first kappa shape index (κ1) is 20.3. The van der Waals surface area contributed by atoms with Gasteiger partial charge in [0.25, 0.3) is 0 Å². The number of carbonyl (C=O) groups excluding carboxylic acids is 1. The first-order valence-electron chi connectivity index (χ1n) is 11.7. The molecule has 2 saturated heterocycles. The van der Waals surface area contributed by atoms with Crippen LogP contribution in [0.5, 0.6) is 0 Å². The van der Waals surface area contributed by atoms with Gasteiger partial charge in [-0.15, -0.1) is 0 Å². The molecular formula is C26H33N3O2. The molecule has 3 aliphatic rings. The number of carbonyl (C=O) groups is 1. The lowest BCUT2D eigenvalue weighted by Gasteiger charge is -2.55. The number of benzene rings is 1. The topological polar surface area (TPSA) is 45.6 Å². The third-order valence-electron chi connectivity index (χ3n) is 8.30. The fourth-order valence-electron chi connectivity index (χ4n) is 6.07. The Bertz CT molecular complexity index is 1070. The molecule has 0 radical (unpaired) electrons. The molecule has 164 valence electrons. The summed E-state index contributed by atoms with van der Waals surface area (Å²) >= 11 is 0. The van der Waals surface area contributed by atoms with Gasteiger partial charge in [-0.3, -0.25) is 4.79 Å². The number of rotatable bonds is 1. The van der Waals surface area contributed by atoms with Crippen LogP contribution in [0.1, 0.15) is 50.7 Å². The minimum Gasteiger partial charge on any atom is -0.325 e. The van der Waals surface area contributed by atoms with Crippen molar-refractivity contribution in [2.45, 2.75) is 57.4 Å². The van der Waals surface area contributed by atoms with E-state index in [9.17, 15) is 9.59 Å². The second-order valence-corrected chi connectivity index (χ2v) is 9.99. The number of amides is 2. The quantitative estimate of drug-likeness (QED) is 0.696. The minimum absolute atomic E-state index is 0.0101. The SMILES string of the molecule is C[C@@H]1[C@H]2Cc3ccc(-c4ccc(=O)n(C)c4)cc3[C@]1(C)CCN2C(=O)N1CCCCC1. The van der Waals surface area contributed by atoms with E-state index in [1.54, 1.807) is 17.7 Å². The molecule has 5 nitrogen and oxygen atoms in total. The molecular weight excluding hydrogens is 386 g/mol. The summed E-state index contributed by atoms with van der Waals surface area (Å²) in [6.07, 6.45) is 7.35. The molecule has 0 spiro atoms. The highest BCUT2D eigenvalue weighted by atomic mass is 16.2. The fourth-order valence-corrected chi connectivity index (χ4v) is 6.07. The van der Waals surface area contributed by atoms with Gasteiger partial charge in [0.15, 0.2) is 0 Å².